The average molecular weight is 692 g/mol. The Morgan fingerprint density at radius 2 is 1.93 bits per heavy atom. The number of aliphatic carboxylic acids is 1. The summed E-state index contributed by atoms with van der Waals surface area (Å²) in [6.45, 7) is 4.34. The Balaban J connectivity index is 1.36. The number of oxime groups is 1. The maximum Gasteiger partial charge on any atom is 0.354 e. The lowest BCUT2D eigenvalue weighted by Gasteiger charge is -2.49. The van der Waals surface area contributed by atoms with E-state index < -0.39 is 46.7 Å². The second-order valence-corrected chi connectivity index (χ2v) is 13.1. The number of anilines is 1. The third kappa shape index (κ3) is 6.18. The predicted octanol–water partition coefficient (Wildman–Crippen LogP) is -0.810. The Labute approximate surface area is 270 Å². The summed E-state index contributed by atoms with van der Waals surface area (Å²) in [5.41, 5.74) is 5.60. The van der Waals surface area contributed by atoms with E-state index in [1.165, 1.54) is 41.6 Å². The number of hydrazine groups is 1. The first-order valence-electron chi connectivity index (χ1n) is 13.0. The first-order valence-corrected chi connectivity index (χ1v) is 15.9. The first kappa shape index (κ1) is 32.6. The summed E-state index contributed by atoms with van der Waals surface area (Å²) in [6, 6.07) is 0.176. The van der Waals surface area contributed by atoms with E-state index in [0.717, 1.165) is 28.0 Å². The standard InChI is InChI=1S/C24H25N11O8S3/c1-8-27-23-29-10(19(38)39)4-12(35(23)32-8)44-5-9-6-45-18-14(17(37)34(18)15(9)20(40)41)30-16(36)13(11-7-46-22(25)28-11)33-43-24(2,3)21(42)31-26/h4,7,14,18H,5-6,26H2,1-3H3,(H2,25,28)(H,30,36)(H,31,42)(H,38,39)(H,40,41)/t14?,18-/m1/s1. The van der Waals surface area contributed by atoms with Crippen LogP contribution in [0, 0.1) is 6.92 Å². The summed E-state index contributed by atoms with van der Waals surface area (Å²) in [6.07, 6.45) is 0. The second kappa shape index (κ2) is 12.5. The van der Waals surface area contributed by atoms with Gasteiger partial charge in [0.1, 0.15) is 33.7 Å². The van der Waals surface area contributed by atoms with E-state index in [4.69, 9.17) is 16.4 Å². The molecule has 0 spiro atoms. The van der Waals surface area contributed by atoms with E-state index in [1.54, 1.807) is 6.92 Å². The molecule has 1 fully saturated rings. The minimum Gasteiger partial charge on any atom is -0.477 e. The molecule has 0 aromatic carbocycles. The van der Waals surface area contributed by atoms with Crippen LogP contribution in [-0.2, 0) is 24.0 Å². The van der Waals surface area contributed by atoms with Gasteiger partial charge in [-0.3, -0.25) is 24.7 Å². The van der Waals surface area contributed by atoms with Crippen molar-refractivity contribution in [3.8, 4) is 0 Å². The molecule has 2 atom stereocenters. The number of hydrogen-bond acceptors (Lipinski definition) is 16. The van der Waals surface area contributed by atoms with Crippen LogP contribution in [0.3, 0.4) is 0 Å². The van der Waals surface area contributed by atoms with Crippen LogP contribution in [0.15, 0.2) is 32.9 Å². The van der Waals surface area contributed by atoms with Gasteiger partial charge in [0.25, 0.3) is 23.5 Å². The van der Waals surface area contributed by atoms with Crippen molar-refractivity contribution in [2.24, 2.45) is 11.0 Å². The van der Waals surface area contributed by atoms with E-state index in [1.807, 2.05) is 5.43 Å². The molecule has 3 aromatic heterocycles. The van der Waals surface area contributed by atoms with E-state index in [0.29, 0.717) is 16.4 Å². The van der Waals surface area contributed by atoms with Crippen molar-refractivity contribution in [3.05, 3.63) is 39.9 Å². The Kier molecular flexibility index (Phi) is 8.88. The highest BCUT2D eigenvalue weighted by atomic mass is 32.2. The van der Waals surface area contributed by atoms with E-state index in [2.05, 4.69) is 30.5 Å². The van der Waals surface area contributed by atoms with Gasteiger partial charge < -0.3 is 26.1 Å². The number of aromatic nitrogens is 5. The number of thioether (sulfide) groups is 2. The van der Waals surface area contributed by atoms with Gasteiger partial charge in [0, 0.05) is 23.0 Å². The third-order valence-electron chi connectivity index (χ3n) is 6.56. The van der Waals surface area contributed by atoms with E-state index in [9.17, 15) is 34.2 Å². The summed E-state index contributed by atoms with van der Waals surface area (Å²) < 4.78 is 1.36. The molecule has 5 heterocycles. The normalized spacial score (nSPS) is 18.2. The largest absolute Gasteiger partial charge is 0.477 e. The lowest BCUT2D eigenvalue weighted by Crippen LogP contribution is -2.71. The topological polar surface area (TPSA) is 283 Å². The number of nitrogens with one attached hydrogen (secondary N) is 2. The third-order valence-corrected chi connectivity index (χ3v) is 9.65. The minimum atomic E-state index is -1.58. The summed E-state index contributed by atoms with van der Waals surface area (Å²) in [5.74, 6) is 0.956. The first-order chi connectivity index (χ1) is 21.7. The Hall–Kier alpha value is -4.80. The van der Waals surface area contributed by atoms with Gasteiger partial charge in [-0.2, -0.15) is 9.50 Å². The number of nitrogens with zero attached hydrogens (tertiary/aromatic N) is 7. The molecule has 19 nitrogen and oxygen atoms in total. The Morgan fingerprint density at radius 1 is 1.20 bits per heavy atom. The van der Waals surface area contributed by atoms with Crippen LogP contribution in [0.25, 0.3) is 5.78 Å². The molecule has 0 aliphatic carbocycles. The molecule has 2 aliphatic heterocycles. The number of carboxylic acid groups (broad SMARTS) is 2. The van der Waals surface area contributed by atoms with E-state index in [-0.39, 0.29) is 45.2 Å². The van der Waals surface area contributed by atoms with Crippen molar-refractivity contribution in [3.63, 3.8) is 0 Å². The molecule has 2 aliphatic rings. The highest BCUT2D eigenvalue weighted by Gasteiger charge is 2.54. The quantitative estimate of drug-likeness (QED) is 0.0273. The number of aromatic carboxylic acids is 1. The number of carboxylic acids is 2. The molecule has 242 valence electrons. The number of nitrogens with two attached hydrogens (primary N) is 2. The number of thiazole rings is 1. The number of nitrogen functional groups attached to an aromatic ring is 1. The molecular weight excluding hydrogens is 667 g/mol. The molecule has 5 rings (SSSR count). The van der Waals surface area contributed by atoms with Gasteiger partial charge in [0.15, 0.2) is 16.5 Å². The van der Waals surface area contributed by atoms with Crippen molar-refractivity contribution >= 4 is 81.1 Å². The van der Waals surface area contributed by atoms with Crippen LogP contribution in [0.2, 0.25) is 0 Å². The number of aryl methyl sites for hydroxylation is 1. The summed E-state index contributed by atoms with van der Waals surface area (Å²) in [4.78, 5) is 81.2. The average Bonchev–Trinajstić information content (AvgIpc) is 3.61. The molecule has 1 saturated heterocycles. The van der Waals surface area contributed by atoms with Gasteiger partial charge in [0.05, 0.1) is 0 Å². The maximum absolute atomic E-state index is 13.4. The number of amides is 3. The predicted molar refractivity (Wildman–Crippen MR) is 163 cm³/mol. The Bertz CT molecular complexity index is 1850. The fourth-order valence-electron chi connectivity index (χ4n) is 4.30. The van der Waals surface area contributed by atoms with Gasteiger partial charge >= 0.3 is 11.9 Å². The SMILES string of the molecule is Cc1nc2nc(C(=O)O)cc(SCC3=C(C(=O)O)N4C(=O)C(NC(=O)C(=NOC(C)(C)C(=O)NN)c5csc(N)n5)[C@H]4SC3)n2n1. The van der Waals surface area contributed by atoms with Crippen LogP contribution in [0.5, 0.6) is 0 Å². The number of β-lactam (4-membered cyclic amide) rings is 1. The van der Waals surface area contributed by atoms with Crippen LogP contribution in [0.4, 0.5) is 5.13 Å². The second-order valence-electron chi connectivity index (χ2n) is 10.1. The maximum atomic E-state index is 13.4. The van der Waals surface area contributed by atoms with Crippen LogP contribution >= 0.6 is 34.9 Å². The number of hydrogen-bond donors (Lipinski definition) is 6. The fraction of sp³-hybridized carbons (Fsp3) is 0.333. The molecule has 3 amide bonds. The van der Waals surface area contributed by atoms with Gasteiger partial charge in [-0.25, -0.2) is 25.4 Å². The summed E-state index contributed by atoms with van der Waals surface area (Å²) in [5, 5.41) is 31.3. The molecule has 3 aromatic rings. The zero-order valence-corrected chi connectivity index (χ0v) is 26.5. The minimum absolute atomic E-state index is 0.0214. The van der Waals surface area contributed by atoms with Gasteiger partial charge in [0.2, 0.25) is 5.60 Å². The van der Waals surface area contributed by atoms with Crippen molar-refractivity contribution in [2.75, 3.05) is 17.2 Å². The molecule has 0 radical (unpaired) electrons. The van der Waals surface area contributed by atoms with Crippen molar-refractivity contribution in [1.82, 2.24) is 40.2 Å². The lowest BCUT2D eigenvalue weighted by molar-refractivity contribution is -0.150. The highest BCUT2D eigenvalue weighted by Crippen LogP contribution is 2.41. The lowest BCUT2D eigenvalue weighted by atomic mass is 10.0. The molecule has 0 saturated carbocycles. The molecule has 1 unspecified atom stereocenters. The summed E-state index contributed by atoms with van der Waals surface area (Å²) >= 11 is 3.36. The number of fused-ring (bicyclic) bond motifs is 2. The zero-order valence-electron chi connectivity index (χ0n) is 24.1. The molecule has 22 heteroatoms. The smallest absolute Gasteiger partial charge is 0.354 e. The number of carbonyl (C=O) groups is 5. The van der Waals surface area contributed by atoms with Crippen molar-refractivity contribution in [2.45, 2.75) is 42.8 Å². The Morgan fingerprint density at radius 3 is 2.57 bits per heavy atom. The van der Waals surface area contributed by atoms with E-state index >= 15 is 0 Å². The molecular formula is C24H25N11O8S3. The van der Waals surface area contributed by atoms with Crippen LogP contribution < -0.4 is 22.3 Å². The van der Waals surface area contributed by atoms with Gasteiger partial charge in [-0.05, 0) is 26.3 Å². The monoisotopic (exact) mass is 691 g/mol. The molecule has 0 bridgehead atoms. The molecule has 8 N–H and O–H groups in total. The van der Waals surface area contributed by atoms with Crippen LogP contribution in [-0.4, -0.2) is 104 Å². The van der Waals surface area contributed by atoms with Crippen molar-refractivity contribution < 1.29 is 39.0 Å². The summed E-state index contributed by atoms with van der Waals surface area (Å²) in [7, 11) is 0. The number of carbonyl (C=O) groups excluding carboxylic acids is 3. The number of rotatable bonds is 11. The van der Waals surface area contributed by atoms with Crippen molar-refractivity contribution in [1.29, 1.82) is 0 Å². The fourth-order valence-corrected chi connectivity index (χ4v) is 7.32. The van der Waals surface area contributed by atoms with Gasteiger partial charge in [-0.1, -0.05) is 5.16 Å². The van der Waals surface area contributed by atoms with Crippen LogP contribution in [0.1, 0.15) is 35.9 Å². The highest BCUT2D eigenvalue weighted by molar-refractivity contribution is 8.01. The van der Waals surface area contributed by atoms with Gasteiger partial charge in [-0.15, -0.1) is 40.0 Å². The zero-order chi connectivity index (χ0) is 33.5. The molecule has 46 heavy (non-hydrogen) atoms.